The SMILES string of the molecule is CCOc1ccccc1NC(=O)CN(C)S(=O)(=O)c1cc(F)ccc1OC. The van der Waals surface area contributed by atoms with Crippen molar-refractivity contribution in [3.63, 3.8) is 0 Å². The summed E-state index contributed by atoms with van der Waals surface area (Å²) in [4.78, 5) is 11.9. The highest BCUT2D eigenvalue weighted by molar-refractivity contribution is 7.89. The standard InChI is InChI=1S/C18H21FN2O5S/c1-4-26-15-8-6-5-7-14(15)20-18(22)12-21(2)27(23,24)17-11-13(19)9-10-16(17)25-3/h5-11H,4,12H2,1-3H3,(H,20,22). The van der Waals surface area contributed by atoms with E-state index in [1.54, 1.807) is 24.3 Å². The molecule has 1 N–H and O–H groups in total. The minimum Gasteiger partial charge on any atom is -0.495 e. The van der Waals surface area contributed by atoms with Gasteiger partial charge in [0.1, 0.15) is 22.2 Å². The summed E-state index contributed by atoms with van der Waals surface area (Å²) < 4.78 is 50.1. The van der Waals surface area contributed by atoms with E-state index >= 15 is 0 Å². The molecule has 0 bridgehead atoms. The highest BCUT2D eigenvalue weighted by Gasteiger charge is 2.27. The van der Waals surface area contributed by atoms with Crippen molar-refractivity contribution in [3.05, 3.63) is 48.3 Å². The molecule has 0 unspecified atom stereocenters. The molecule has 0 fully saturated rings. The number of carbonyl (C=O) groups excluding carboxylic acids is 1. The van der Waals surface area contributed by atoms with Crippen LogP contribution in [0.4, 0.5) is 10.1 Å². The zero-order valence-corrected chi connectivity index (χ0v) is 16.0. The molecule has 1 amide bonds. The Kier molecular flexibility index (Phi) is 6.75. The van der Waals surface area contributed by atoms with Gasteiger partial charge in [-0.2, -0.15) is 4.31 Å². The van der Waals surface area contributed by atoms with Gasteiger partial charge >= 0.3 is 0 Å². The molecule has 0 atom stereocenters. The number of nitrogens with zero attached hydrogens (tertiary/aromatic N) is 1. The number of ether oxygens (including phenoxy) is 2. The van der Waals surface area contributed by atoms with Crippen molar-refractivity contribution in [2.45, 2.75) is 11.8 Å². The largest absolute Gasteiger partial charge is 0.495 e. The van der Waals surface area contributed by atoms with Gasteiger partial charge in [0.05, 0.1) is 25.9 Å². The zero-order valence-electron chi connectivity index (χ0n) is 15.2. The van der Waals surface area contributed by atoms with Crippen LogP contribution in [0.25, 0.3) is 0 Å². The van der Waals surface area contributed by atoms with Gasteiger partial charge < -0.3 is 14.8 Å². The molecular weight excluding hydrogens is 375 g/mol. The monoisotopic (exact) mass is 396 g/mol. The van der Waals surface area contributed by atoms with Gasteiger partial charge in [0.25, 0.3) is 0 Å². The van der Waals surface area contributed by atoms with E-state index in [2.05, 4.69) is 5.32 Å². The van der Waals surface area contributed by atoms with Crippen LogP contribution >= 0.6 is 0 Å². The molecule has 7 nitrogen and oxygen atoms in total. The molecule has 0 radical (unpaired) electrons. The lowest BCUT2D eigenvalue weighted by Gasteiger charge is -2.19. The number of methoxy groups -OCH3 is 1. The second-order valence-corrected chi connectivity index (χ2v) is 7.55. The van der Waals surface area contributed by atoms with Gasteiger partial charge in [-0.3, -0.25) is 4.79 Å². The van der Waals surface area contributed by atoms with Gasteiger partial charge in [0, 0.05) is 7.05 Å². The van der Waals surface area contributed by atoms with Crippen molar-refractivity contribution >= 4 is 21.6 Å². The summed E-state index contributed by atoms with van der Waals surface area (Å²) in [5, 5.41) is 2.61. The molecule has 0 saturated carbocycles. The molecule has 2 rings (SSSR count). The fraction of sp³-hybridized carbons (Fsp3) is 0.278. The average molecular weight is 396 g/mol. The normalized spacial score (nSPS) is 11.3. The fourth-order valence-electron chi connectivity index (χ4n) is 2.35. The Morgan fingerprint density at radius 3 is 2.56 bits per heavy atom. The molecule has 0 spiro atoms. The molecule has 2 aromatic carbocycles. The summed E-state index contributed by atoms with van der Waals surface area (Å²) >= 11 is 0. The van der Waals surface area contributed by atoms with Gasteiger partial charge in [0.15, 0.2) is 0 Å². The number of carbonyl (C=O) groups is 1. The smallest absolute Gasteiger partial charge is 0.247 e. The van der Waals surface area contributed by atoms with Crippen LogP contribution in [0.5, 0.6) is 11.5 Å². The van der Waals surface area contributed by atoms with Gasteiger partial charge in [0.2, 0.25) is 15.9 Å². The van der Waals surface area contributed by atoms with Crippen LogP contribution < -0.4 is 14.8 Å². The highest BCUT2D eigenvalue weighted by Crippen LogP contribution is 2.27. The maximum Gasteiger partial charge on any atom is 0.247 e. The molecule has 27 heavy (non-hydrogen) atoms. The van der Waals surface area contributed by atoms with E-state index in [0.717, 1.165) is 16.4 Å². The molecule has 9 heteroatoms. The number of amides is 1. The Morgan fingerprint density at radius 2 is 1.89 bits per heavy atom. The first kappa shape index (κ1) is 20.7. The van der Waals surface area contributed by atoms with E-state index in [1.165, 1.54) is 20.2 Å². The molecule has 146 valence electrons. The topological polar surface area (TPSA) is 84.9 Å². The molecule has 0 aliphatic rings. The van der Waals surface area contributed by atoms with Crippen molar-refractivity contribution in [1.29, 1.82) is 0 Å². The summed E-state index contributed by atoms with van der Waals surface area (Å²) in [5.74, 6) is -0.822. The molecule has 0 saturated heterocycles. The van der Waals surface area contributed by atoms with Crippen LogP contribution in [0.15, 0.2) is 47.4 Å². The predicted octanol–water partition coefficient (Wildman–Crippen LogP) is 2.49. The Bertz CT molecular complexity index is 918. The van der Waals surface area contributed by atoms with E-state index in [0.29, 0.717) is 18.0 Å². The lowest BCUT2D eigenvalue weighted by molar-refractivity contribution is -0.116. The van der Waals surface area contributed by atoms with E-state index in [1.807, 2.05) is 6.92 Å². The Balaban J connectivity index is 2.18. The van der Waals surface area contributed by atoms with E-state index in [4.69, 9.17) is 9.47 Å². The number of anilines is 1. The van der Waals surface area contributed by atoms with E-state index < -0.39 is 28.3 Å². The number of para-hydroxylation sites is 2. The number of nitrogens with one attached hydrogen (secondary N) is 1. The maximum atomic E-state index is 13.5. The second-order valence-electron chi connectivity index (χ2n) is 5.53. The van der Waals surface area contributed by atoms with E-state index in [9.17, 15) is 17.6 Å². The average Bonchev–Trinajstić information content (AvgIpc) is 2.63. The molecule has 0 aliphatic carbocycles. The lowest BCUT2D eigenvalue weighted by atomic mass is 10.3. The summed E-state index contributed by atoms with van der Waals surface area (Å²) in [6, 6.07) is 9.98. The van der Waals surface area contributed by atoms with Crippen LogP contribution in [-0.4, -0.2) is 45.9 Å². The van der Waals surface area contributed by atoms with E-state index in [-0.39, 0.29) is 10.6 Å². The van der Waals surface area contributed by atoms with Crippen LogP contribution in [0, 0.1) is 5.82 Å². The van der Waals surface area contributed by atoms with Gasteiger partial charge in [-0.25, -0.2) is 12.8 Å². The second kappa shape index (κ2) is 8.83. The first-order valence-corrected chi connectivity index (χ1v) is 9.55. The predicted molar refractivity (Wildman–Crippen MR) is 99.0 cm³/mol. The summed E-state index contributed by atoms with van der Waals surface area (Å²) in [6.07, 6.45) is 0. The molecule has 0 aromatic heterocycles. The van der Waals surface area contributed by atoms with Crippen molar-refractivity contribution in [2.75, 3.05) is 32.6 Å². The summed E-state index contributed by atoms with van der Waals surface area (Å²) in [6.45, 7) is 1.76. The number of benzene rings is 2. The van der Waals surface area contributed by atoms with Crippen molar-refractivity contribution in [2.24, 2.45) is 0 Å². The first-order valence-electron chi connectivity index (χ1n) is 8.11. The van der Waals surface area contributed by atoms with Crippen LogP contribution in [0.2, 0.25) is 0 Å². The Hall–Kier alpha value is -2.65. The Morgan fingerprint density at radius 1 is 1.19 bits per heavy atom. The lowest BCUT2D eigenvalue weighted by Crippen LogP contribution is -2.35. The van der Waals surface area contributed by atoms with Crippen LogP contribution in [-0.2, 0) is 14.8 Å². The first-order chi connectivity index (χ1) is 12.8. The van der Waals surface area contributed by atoms with Gasteiger partial charge in [-0.05, 0) is 37.3 Å². The molecule has 2 aromatic rings. The van der Waals surface area contributed by atoms with Gasteiger partial charge in [-0.1, -0.05) is 12.1 Å². The summed E-state index contributed by atoms with van der Waals surface area (Å²) in [5.41, 5.74) is 0.429. The minimum absolute atomic E-state index is 0.00894. The van der Waals surface area contributed by atoms with Crippen molar-refractivity contribution < 1.29 is 27.1 Å². The number of halogens is 1. The Labute approximate surface area is 157 Å². The van der Waals surface area contributed by atoms with Gasteiger partial charge in [-0.15, -0.1) is 0 Å². The summed E-state index contributed by atoms with van der Waals surface area (Å²) in [7, 11) is -1.62. The van der Waals surface area contributed by atoms with Crippen molar-refractivity contribution in [1.82, 2.24) is 4.31 Å². The minimum atomic E-state index is -4.14. The third-order valence-electron chi connectivity index (χ3n) is 3.64. The number of sulfonamides is 1. The third-order valence-corrected chi connectivity index (χ3v) is 5.47. The van der Waals surface area contributed by atoms with Crippen LogP contribution in [0.3, 0.4) is 0 Å². The zero-order chi connectivity index (χ0) is 20.0. The number of hydrogen-bond acceptors (Lipinski definition) is 5. The number of hydrogen-bond donors (Lipinski definition) is 1. The number of likely N-dealkylation sites (N-methyl/N-ethyl adjacent to an activating group) is 1. The maximum absolute atomic E-state index is 13.5. The molecule has 0 heterocycles. The molecule has 0 aliphatic heterocycles. The number of rotatable bonds is 8. The quantitative estimate of drug-likeness (QED) is 0.741. The fourth-order valence-corrected chi connectivity index (χ4v) is 3.64. The third kappa shape index (κ3) is 4.95. The highest BCUT2D eigenvalue weighted by atomic mass is 32.2. The van der Waals surface area contributed by atoms with Crippen LogP contribution in [0.1, 0.15) is 6.92 Å². The molecular formula is C18H21FN2O5S. The van der Waals surface area contributed by atoms with Crippen molar-refractivity contribution in [3.8, 4) is 11.5 Å².